The Hall–Kier alpha value is -1.64. The summed E-state index contributed by atoms with van der Waals surface area (Å²) >= 11 is 0. The third-order valence-electron chi connectivity index (χ3n) is 6.05. The summed E-state index contributed by atoms with van der Waals surface area (Å²) in [6.07, 6.45) is 8.19. The third-order valence-corrected chi connectivity index (χ3v) is 6.05. The molecule has 2 unspecified atom stereocenters. The normalized spacial score (nSPS) is 31.8. The van der Waals surface area contributed by atoms with Crippen molar-refractivity contribution in [1.29, 1.82) is 0 Å². The van der Waals surface area contributed by atoms with Gasteiger partial charge in [0.05, 0.1) is 12.2 Å². The molecule has 2 heteroatoms. The topological polar surface area (TPSA) is 18.5 Å². The van der Waals surface area contributed by atoms with E-state index in [0.717, 1.165) is 25.2 Å². The quantitative estimate of drug-likeness (QED) is 0.619. The molecule has 1 aliphatic carbocycles. The predicted octanol–water partition coefficient (Wildman–Crippen LogP) is 6.59. The Morgan fingerprint density at radius 3 is 1.77 bits per heavy atom. The lowest BCUT2D eigenvalue weighted by Gasteiger charge is -2.48. The maximum atomic E-state index is 6.66. The minimum atomic E-state index is -0.413. The molecular formula is C24H30O2. The van der Waals surface area contributed by atoms with E-state index in [-0.39, 0.29) is 12.2 Å². The van der Waals surface area contributed by atoms with Crippen LogP contribution in [0.1, 0.15) is 75.2 Å². The van der Waals surface area contributed by atoms with Crippen LogP contribution in [0.5, 0.6) is 0 Å². The fraction of sp³-hybridized carbons (Fsp3) is 0.500. The van der Waals surface area contributed by atoms with Gasteiger partial charge in [-0.15, -0.1) is 0 Å². The molecule has 26 heavy (non-hydrogen) atoms. The molecular weight excluding hydrogens is 320 g/mol. The van der Waals surface area contributed by atoms with E-state index in [0.29, 0.717) is 0 Å². The fourth-order valence-corrected chi connectivity index (χ4v) is 4.63. The average molecular weight is 351 g/mol. The van der Waals surface area contributed by atoms with Crippen LogP contribution >= 0.6 is 0 Å². The summed E-state index contributed by atoms with van der Waals surface area (Å²) < 4.78 is 13.3. The van der Waals surface area contributed by atoms with Crippen molar-refractivity contribution in [3.8, 4) is 0 Å². The van der Waals surface area contributed by atoms with Gasteiger partial charge in [0.2, 0.25) is 0 Å². The van der Waals surface area contributed by atoms with Gasteiger partial charge in [0.15, 0.2) is 5.79 Å². The molecule has 2 atom stereocenters. The summed E-state index contributed by atoms with van der Waals surface area (Å²) in [6, 6.07) is 21.3. The van der Waals surface area contributed by atoms with E-state index in [1.807, 2.05) is 0 Å². The Bertz CT molecular complexity index is 624. The molecule has 0 radical (unpaired) electrons. The molecule has 1 heterocycles. The smallest absolute Gasteiger partial charge is 0.169 e. The zero-order chi connectivity index (χ0) is 17.8. The fourth-order valence-electron chi connectivity index (χ4n) is 4.63. The van der Waals surface area contributed by atoms with Crippen LogP contribution in [0, 0.1) is 5.92 Å². The van der Waals surface area contributed by atoms with Crippen molar-refractivity contribution in [3.63, 3.8) is 0 Å². The Balaban J connectivity index is 1.58. The molecule has 1 saturated heterocycles. The summed E-state index contributed by atoms with van der Waals surface area (Å²) in [5.41, 5.74) is 2.54. The van der Waals surface area contributed by atoms with E-state index in [1.165, 1.54) is 36.8 Å². The van der Waals surface area contributed by atoms with E-state index in [9.17, 15) is 0 Å². The molecule has 0 bridgehead atoms. The molecule has 0 aromatic heterocycles. The Kier molecular flexibility index (Phi) is 5.42. The average Bonchev–Trinajstić information content (AvgIpc) is 2.71. The highest BCUT2D eigenvalue weighted by molar-refractivity contribution is 5.22. The predicted molar refractivity (Wildman–Crippen MR) is 105 cm³/mol. The van der Waals surface area contributed by atoms with Gasteiger partial charge in [-0.05, 0) is 29.9 Å². The SMILES string of the molecule is CCCC1CCC2(CC1)OC(c1ccccc1)CC(c1ccccc1)O2. The minimum Gasteiger partial charge on any atom is -0.342 e. The van der Waals surface area contributed by atoms with Crippen LogP contribution in [-0.2, 0) is 9.47 Å². The highest BCUT2D eigenvalue weighted by Gasteiger charge is 2.45. The highest BCUT2D eigenvalue weighted by Crippen LogP contribution is 2.49. The highest BCUT2D eigenvalue weighted by atomic mass is 16.7. The lowest BCUT2D eigenvalue weighted by atomic mass is 9.81. The molecule has 1 spiro atoms. The maximum Gasteiger partial charge on any atom is 0.169 e. The van der Waals surface area contributed by atoms with E-state index in [1.54, 1.807) is 0 Å². The maximum absolute atomic E-state index is 6.66. The van der Waals surface area contributed by atoms with Crippen molar-refractivity contribution in [2.45, 2.75) is 69.9 Å². The molecule has 4 rings (SSSR count). The number of hydrogen-bond acceptors (Lipinski definition) is 2. The second-order valence-electron chi connectivity index (χ2n) is 7.91. The van der Waals surface area contributed by atoms with Gasteiger partial charge in [-0.2, -0.15) is 0 Å². The largest absolute Gasteiger partial charge is 0.342 e. The molecule has 2 fully saturated rings. The monoisotopic (exact) mass is 350 g/mol. The van der Waals surface area contributed by atoms with Crippen molar-refractivity contribution in [1.82, 2.24) is 0 Å². The zero-order valence-corrected chi connectivity index (χ0v) is 15.8. The second-order valence-corrected chi connectivity index (χ2v) is 7.91. The van der Waals surface area contributed by atoms with Crippen molar-refractivity contribution in [2.75, 3.05) is 0 Å². The van der Waals surface area contributed by atoms with Crippen molar-refractivity contribution >= 4 is 0 Å². The van der Waals surface area contributed by atoms with Crippen LogP contribution in [0.15, 0.2) is 60.7 Å². The van der Waals surface area contributed by atoms with Crippen LogP contribution < -0.4 is 0 Å². The first-order valence-corrected chi connectivity index (χ1v) is 10.2. The summed E-state index contributed by atoms with van der Waals surface area (Å²) in [5.74, 6) is 0.425. The van der Waals surface area contributed by atoms with E-state index in [2.05, 4.69) is 67.6 Å². The first kappa shape index (κ1) is 17.8. The van der Waals surface area contributed by atoms with Crippen molar-refractivity contribution < 1.29 is 9.47 Å². The van der Waals surface area contributed by atoms with Gasteiger partial charge in [0.1, 0.15) is 0 Å². The van der Waals surface area contributed by atoms with Crippen LogP contribution in [0.25, 0.3) is 0 Å². The molecule has 138 valence electrons. The Morgan fingerprint density at radius 1 is 0.808 bits per heavy atom. The summed E-state index contributed by atoms with van der Waals surface area (Å²) in [5, 5.41) is 0. The van der Waals surface area contributed by atoms with Gasteiger partial charge in [0.25, 0.3) is 0 Å². The third kappa shape index (κ3) is 3.87. The number of rotatable bonds is 4. The van der Waals surface area contributed by atoms with Gasteiger partial charge >= 0.3 is 0 Å². The van der Waals surface area contributed by atoms with E-state index >= 15 is 0 Å². The lowest BCUT2D eigenvalue weighted by molar-refractivity contribution is -0.336. The minimum absolute atomic E-state index is 0.109. The second kappa shape index (κ2) is 7.94. The summed E-state index contributed by atoms with van der Waals surface area (Å²) in [6.45, 7) is 2.29. The summed E-state index contributed by atoms with van der Waals surface area (Å²) in [7, 11) is 0. The van der Waals surface area contributed by atoms with Crippen molar-refractivity contribution in [3.05, 3.63) is 71.8 Å². The zero-order valence-electron chi connectivity index (χ0n) is 15.8. The van der Waals surface area contributed by atoms with Crippen LogP contribution in [0.4, 0.5) is 0 Å². The number of benzene rings is 2. The molecule has 1 aliphatic heterocycles. The van der Waals surface area contributed by atoms with E-state index < -0.39 is 5.79 Å². The first-order valence-electron chi connectivity index (χ1n) is 10.2. The molecule has 2 nitrogen and oxygen atoms in total. The summed E-state index contributed by atoms with van der Waals surface area (Å²) in [4.78, 5) is 0. The van der Waals surface area contributed by atoms with Gasteiger partial charge in [-0.25, -0.2) is 0 Å². The van der Waals surface area contributed by atoms with Crippen molar-refractivity contribution in [2.24, 2.45) is 5.92 Å². The molecule has 2 aliphatic rings. The van der Waals surface area contributed by atoms with E-state index in [4.69, 9.17) is 9.47 Å². The standard InChI is InChI=1S/C24H30O2/c1-2-9-19-14-16-24(17-15-19)25-22(20-10-5-3-6-11-20)18-23(26-24)21-12-7-4-8-13-21/h3-8,10-13,19,22-23H,2,9,14-18H2,1H3. The first-order chi connectivity index (χ1) is 12.8. The molecule has 0 N–H and O–H groups in total. The van der Waals surface area contributed by atoms with Gasteiger partial charge < -0.3 is 9.47 Å². The van der Waals surface area contributed by atoms with Gasteiger partial charge in [0, 0.05) is 19.3 Å². The molecule has 1 saturated carbocycles. The molecule has 2 aromatic carbocycles. The lowest BCUT2D eigenvalue weighted by Crippen LogP contribution is -2.45. The number of ether oxygens (including phenoxy) is 2. The van der Waals surface area contributed by atoms with Crippen LogP contribution in [0.2, 0.25) is 0 Å². The van der Waals surface area contributed by atoms with Gasteiger partial charge in [-0.1, -0.05) is 80.4 Å². The number of hydrogen-bond donors (Lipinski definition) is 0. The van der Waals surface area contributed by atoms with Crippen LogP contribution in [-0.4, -0.2) is 5.79 Å². The van der Waals surface area contributed by atoms with Crippen LogP contribution in [0.3, 0.4) is 0 Å². The Labute approximate surface area is 157 Å². The molecule has 2 aromatic rings. The molecule has 0 amide bonds. The Morgan fingerprint density at radius 2 is 1.31 bits per heavy atom. The van der Waals surface area contributed by atoms with Gasteiger partial charge in [-0.3, -0.25) is 0 Å².